The van der Waals surface area contributed by atoms with Gasteiger partial charge in [0.25, 0.3) is 5.91 Å². The average Bonchev–Trinajstić information content (AvgIpc) is 2.88. The highest BCUT2D eigenvalue weighted by Crippen LogP contribution is 2.16. The molecule has 94 valence electrons. The fourth-order valence-electron chi connectivity index (χ4n) is 1.84. The maximum absolute atomic E-state index is 13.4. The minimum Gasteiger partial charge on any atom is -0.319 e. The summed E-state index contributed by atoms with van der Waals surface area (Å²) >= 11 is 0. The van der Waals surface area contributed by atoms with Crippen LogP contribution < -0.4 is 5.32 Å². The molecule has 0 aliphatic rings. The second kappa shape index (κ2) is 4.53. The number of fused-ring (bicyclic) bond motifs is 1. The first-order valence-electron chi connectivity index (χ1n) is 5.73. The van der Waals surface area contributed by atoms with E-state index in [9.17, 15) is 9.18 Å². The summed E-state index contributed by atoms with van der Waals surface area (Å²) in [6.45, 7) is 0. The van der Waals surface area contributed by atoms with E-state index in [4.69, 9.17) is 0 Å². The van der Waals surface area contributed by atoms with Gasteiger partial charge in [0.15, 0.2) is 0 Å². The number of aromatic amines is 1. The third-order valence-electron chi connectivity index (χ3n) is 2.82. The van der Waals surface area contributed by atoms with Crippen LogP contribution in [0, 0.1) is 5.82 Å². The van der Waals surface area contributed by atoms with Crippen LogP contribution in [0.5, 0.6) is 0 Å². The minimum absolute atomic E-state index is 0.166. The number of amides is 1. The normalized spacial score (nSPS) is 10.6. The number of carbonyl (C=O) groups is 1. The standard InChI is InChI=1S/C14H10FN3O/c15-11-3-1-2-4-13(11)17-14(19)9-5-6-12-10(7-9)8-16-18-12/h1-8H,(H,16,18)(H,17,19). The number of hydrogen-bond donors (Lipinski definition) is 2. The molecule has 0 saturated carbocycles. The molecule has 0 bridgehead atoms. The van der Waals surface area contributed by atoms with Crippen molar-refractivity contribution in [1.82, 2.24) is 10.2 Å². The highest BCUT2D eigenvalue weighted by molar-refractivity contribution is 6.06. The Kier molecular flexibility index (Phi) is 2.72. The Morgan fingerprint density at radius 1 is 1.21 bits per heavy atom. The number of aromatic nitrogens is 2. The first-order valence-corrected chi connectivity index (χ1v) is 5.73. The van der Waals surface area contributed by atoms with Crippen LogP contribution >= 0.6 is 0 Å². The molecule has 4 nitrogen and oxygen atoms in total. The topological polar surface area (TPSA) is 57.8 Å². The number of anilines is 1. The molecule has 0 unspecified atom stereocenters. The summed E-state index contributed by atoms with van der Waals surface area (Å²) in [7, 11) is 0. The van der Waals surface area contributed by atoms with Crippen LogP contribution in [0.15, 0.2) is 48.7 Å². The molecule has 0 saturated heterocycles. The Bertz CT molecular complexity index is 751. The molecule has 3 aromatic rings. The van der Waals surface area contributed by atoms with E-state index in [0.29, 0.717) is 5.56 Å². The van der Waals surface area contributed by atoms with E-state index in [0.717, 1.165) is 10.9 Å². The number of benzene rings is 2. The fourth-order valence-corrected chi connectivity index (χ4v) is 1.84. The van der Waals surface area contributed by atoms with Crippen LogP contribution in [-0.2, 0) is 0 Å². The maximum atomic E-state index is 13.4. The Labute approximate surface area is 108 Å². The molecule has 2 aromatic carbocycles. The van der Waals surface area contributed by atoms with Gasteiger partial charge in [0.2, 0.25) is 0 Å². The molecule has 1 heterocycles. The molecule has 5 heteroatoms. The van der Waals surface area contributed by atoms with Gasteiger partial charge in [0, 0.05) is 10.9 Å². The van der Waals surface area contributed by atoms with Gasteiger partial charge in [0.1, 0.15) is 5.82 Å². The Balaban J connectivity index is 1.89. The summed E-state index contributed by atoms with van der Waals surface area (Å²) in [5, 5.41) is 10.1. The molecule has 2 N–H and O–H groups in total. The van der Waals surface area contributed by atoms with E-state index in [1.807, 2.05) is 0 Å². The number of halogens is 1. The molecule has 3 rings (SSSR count). The third kappa shape index (κ3) is 2.18. The summed E-state index contributed by atoms with van der Waals surface area (Å²) in [4.78, 5) is 12.0. The third-order valence-corrected chi connectivity index (χ3v) is 2.82. The van der Waals surface area contributed by atoms with Crippen LogP contribution in [0.4, 0.5) is 10.1 Å². The lowest BCUT2D eigenvalue weighted by Crippen LogP contribution is -2.12. The quantitative estimate of drug-likeness (QED) is 0.739. The molecule has 0 atom stereocenters. The molecule has 0 fully saturated rings. The van der Waals surface area contributed by atoms with Crippen molar-refractivity contribution in [3.05, 3.63) is 60.0 Å². The average molecular weight is 255 g/mol. The highest BCUT2D eigenvalue weighted by atomic mass is 19.1. The largest absolute Gasteiger partial charge is 0.319 e. The Morgan fingerprint density at radius 2 is 2.05 bits per heavy atom. The number of carbonyl (C=O) groups excluding carboxylic acids is 1. The molecule has 0 aliphatic carbocycles. The number of nitrogens with one attached hydrogen (secondary N) is 2. The second-order valence-electron chi connectivity index (χ2n) is 4.11. The van der Waals surface area contributed by atoms with Gasteiger partial charge < -0.3 is 5.32 Å². The van der Waals surface area contributed by atoms with Gasteiger partial charge >= 0.3 is 0 Å². The van der Waals surface area contributed by atoms with Crippen molar-refractivity contribution in [2.75, 3.05) is 5.32 Å². The zero-order valence-electron chi connectivity index (χ0n) is 9.85. The fraction of sp³-hybridized carbons (Fsp3) is 0. The molecule has 19 heavy (non-hydrogen) atoms. The van der Waals surface area contributed by atoms with Gasteiger partial charge in [-0.1, -0.05) is 12.1 Å². The SMILES string of the molecule is O=C(Nc1ccccc1F)c1ccc2[nH]ncc2c1. The molecule has 1 amide bonds. The predicted octanol–water partition coefficient (Wildman–Crippen LogP) is 2.95. The first kappa shape index (κ1) is 11.4. The molecule has 0 aliphatic heterocycles. The van der Waals surface area contributed by atoms with Gasteiger partial charge in [-0.25, -0.2) is 4.39 Å². The van der Waals surface area contributed by atoms with Crippen molar-refractivity contribution in [2.24, 2.45) is 0 Å². The lowest BCUT2D eigenvalue weighted by Gasteiger charge is -2.06. The van der Waals surface area contributed by atoms with Crippen LogP contribution in [-0.4, -0.2) is 16.1 Å². The number of hydrogen-bond acceptors (Lipinski definition) is 2. The summed E-state index contributed by atoms with van der Waals surface area (Å²) in [6.07, 6.45) is 1.63. The van der Waals surface area contributed by atoms with Crippen LogP contribution in [0.2, 0.25) is 0 Å². The molecule has 0 spiro atoms. The van der Waals surface area contributed by atoms with Gasteiger partial charge in [-0.15, -0.1) is 0 Å². The van der Waals surface area contributed by atoms with E-state index in [2.05, 4.69) is 15.5 Å². The number of rotatable bonds is 2. The van der Waals surface area contributed by atoms with E-state index in [1.54, 1.807) is 36.5 Å². The van der Waals surface area contributed by atoms with Crippen LogP contribution in [0.1, 0.15) is 10.4 Å². The number of para-hydroxylation sites is 1. The monoisotopic (exact) mass is 255 g/mol. The summed E-state index contributed by atoms with van der Waals surface area (Å²) < 4.78 is 13.4. The molecule has 1 aromatic heterocycles. The number of nitrogens with zero attached hydrogens (tertiary/aromatic N) is 1. The zero-order chi connectivity index (χ0) is 13.2. The minimum atomic E-state index is -0.458. The van der Waals surface area contributed by atoms with E-state index in [1.165, 1.54) is 12.1 Å². The van der Waals surface area contributed by atoms with Crippen molar-refractivity contribution in [3.8, 4) is 0 Å². The van der Waals surface area contributed by atoms with Crippen molar-refractivity contribution < 1.29 is 9.18 Å². The van der Waals surface area contributed by atoms with Crippen LogP contribution in [0.25, 0.3) is 10.9 Å². The van der Waals surface area contributed by atoms with Crippen molar-refractivity contribution in [2.45, 2.75) is 0 Å². The number of H-pyrrole nitrogens is 1. The first-order chi connectivity index (χ1) is 9.24. The molecular weight excluding hydrogens is 245 g/mol. The maximum Gasteiger partial charge on any atom is 0.255 e. The molecular formula is C14H10FN3O. The second-order valence-corrected chi connectivity index (χ2v) is 4.11. The van der Waals surface area contributed by atoms with Crippen molar-refractivity contribution in [3.63, 3.8) is 0 Å². The zero-order valence-corrected chi connectivity index (χ0v) is 9.85. The Hall–Kier alpha value is -2.69. The van der Waals surface area contributed by atoms with Crippen LogP contribution in [0.3, 0.4) is 0 Å². The van der Waals surface area contributed by atoms with Gasteiger partial charge in [0.05, 0.1) is 17.4 Å². The summed E-state index contributed by atoms with van der Waals surface area (Å²) in [5.41, 5.74) is 1.47. The predicted molar refractivity (Wildman–Crippen MR) is 70.4 cm³/mol. The summed E-state index contributed by atoms with van der Waals surface area (Å²) in [5.74, 6) is -0.812. The Morgan fingerprint density at radius 3 is 2.89 bits per heavy atom. The van der Waals surface area contributed by atoms with Crippen molar-refractivity contribution in [1.29, 1.82) is 0 Å². The van der Waals surface area contributed by atoms with E-state index >= 15 is 0 Å². The van der Waals surface area contributed by atoms with Gasteiger partial charge in [-0.2, -0.15) is 5.10 Å². The summed E-state index contributed by atoms with van der Waals surface area (Å²) in [6, 6.07) is 11.2. The van der Waals surface area contributed by atoms with E-state index < -0.39 is 5.82 Å². The smallest absolute Gasteiger partial charge is 0.255 e. The van der Waals surface area contributed by atoms with Crippen molar-refractivity contribution >= 4 is 22.5 Å². The van der Waals surface area contributed by atoms with Gasteiger partial charge in [-0.05, 0) is 30.3 Å². The highest BCUT2D eigenvalue weighted by Gasteiger charge is 2.09. The van der Waals surface area contributed by atoms with E-state index in [-0.39, 0.29) is 11.6 Å². The lowest BCUT2D eigenvalue weighted by atomic mass is 10.1. The van der Waals surface area contributed by atoms with Gasteiger partial charge in [-0.3, -0.25) is 9.89 Å². The lowest BCUT2D eigenvalue weighted by molar-refractivity contribution is 0.102. The molecule has 0 radical (unpaired) electrons.